The molecule has 0 radical (unpaired) electrons. The summed E-state index contributed by atoms with van der Waals surface area (Å²) in [5.41, 5.74) is 2.53. The van der Waals surface area contributed by atoms with Crippen molar-refractivity contribution in [3.05, 3.63) is 35.4 Å². The highest BCUT2D eigenvalue weighted by Crippen LogP contribution is 2.43. The molecule has 0 saturated heterocycles. The maximum absolute atomic E-state index is 10.2. The van der Waals surface area contributed by atoms with E-state index >= 15 is 0 Å². The van der Waals surface area contributed by atoms with Crippen molar-refractivity contribution in [2.45, 2.75) is 45.1 Å². The Balaban J connectivity index is 2.37. The lowest BCUT2D eigenvalue weighted by Crippen LogP contribution is -2.16. The van der Waals surface area contributed by atoms with E-state index in [-0.39, 0.29) is 11.5 Å². The van der Waals surface area contributed by atoms with Gasteiger partial charge < -0.3 is 5.11 Å². The zero-order valence-electron chi connectivity index (χ0n) is 9.83. The number of hydrogen-bond donors (Lipinski definition) is 1. The average molecular weight is 204 g/mol. The molecule has 82 valence electrons. The van der Waals surface area contributed by atoms with E-state index in [1.807, 2.05) is 6.07 Å². The molecular formula is C14H20O. The molecule has 1 aromatic rings. The van der Waals surface area contributed by atoms with Gasteiger partial charge in [0.05, 0.1) is 6.10 Å². The largest absolute Gasteiger partial charge is 0.388 e. The van der Waals surface area contributed by atoms with E-state index in [1.54, 1.807) is 0 Å². The van der Waals surface area contributed by atoms with Gasteiger partial charge in [0.15, 0.2) is 0 Å². The Hall–Kier alpha value is -0.820. The molecule has 0 aliphatic heterocycles. The van der Waals surface area contributed by atoms with Crippen molar-refractivity contribution in [2.75, 3.05) is 0 Å². The molecule has 15 heavy (non-hydrogen) atoms. The lowest BCUT2D eigenvalue weighted by atomic mass is 9.81. The van der Waals surface area contributed by atoms with Crippen LogP contribution in [0.3, 0.4) is 0 Å². The summed E-state index contributed by atoms with van der Waals surface area (Å²) in [7, 11) is 0. The van der Waals surface area contributed by atoms with Crippen molar-refractivity contribution in [2.24, 2.45) is 5.92 Å². The molecule has 1 nitrogen and oxygen atoms in total. The van der Waals surface area contributed by atoms with Gasteiger partial charge in [0, 0.05) is 0 Å². The molecule has 1 saturated carbocycles. The molecule has 2 rings (SSSR count). The third-order valence-corrected chi connectivity index (χ3v) is 3.16. The summed E-state index contributed by atoms with van der Waals surface area (Å²) in [5, 5.41) is 10.2. The molecule has 0 heterocycles. The fourth-order valence-electron chi connectivity index (χ4n) is 2.10. The summed E-state index contributed by atoms with van der Waals surface area (Å²) >= 11 is 0. The Morgan fingerprint density at radius 3 is 2.33 bits per heavy atom. The molecule has 0 aromatic heterocycles. The standard InChI is InChI=1S/C14H20O/c1-14(2,3)12-7-5-4-6-11(12)13(15)10-8-9-10/h4-7,10,13,15H,8-9H2,1-3H3. The van der Waals surface area contributed by atoms with Gasteiger partial charge in [-0.3, -0.25) is 0 Å². The van der Waals surface area contributed by atoms with Gasteiger partial charge in [-0.1, -0.05) is 45.0 Å². The third-order valence-electron chi connectivity index (χ3n) is 3.16. The zero-order chi connectivity index (χ0) is 11.1. The smallest absolute Gasteiger partial charge is 0.0821 e. The summed E-state index contributed by atoms with van der Waals surface area (Å²) in [5.74, 6) is 0.508. The van der Waals surface area contributed by atoms with Crippen LogP contribution in [0.25, 0.3) is 0 Å². The second-order valence-electron chi connectivity index (χ2n) is 5.62. The van der Waals surface area contributed by atoms with Gasteiger partial charge in [-0.15, -0.1) is 0 Å². The van der Waals surface area contributed by atoms with Crippen LogP contribution in [-0.4, -0.2) is 5.11 Å². The van der Waals surface area contributed by atoms with Crippen LogP contribution in [0.2, 0.25) is 0 Å². The van der Waals surface area contributed by atoms with E-state index in [0.717, 1.165) is 5.56 Å². The maximum Gasteiger partial charge on any atom is 0.0821 e. The van der Waals surface area contributed by atoms with E-state index in [4.69, 9.17) is 0 Å². The van der Waals surface area contributed by atoms with Gasteiger partial charge in [-0.2, -0.15) is 0 Å². The average Bonchev–Trinajstić information content (AvgIpc) is 2.98. The second-order valence-corrected chi connectivity index (χ2v) is 5.62. The Bertz CT molecular complexity index is 345. The van der Waals surface area contributed by atoms with Crippen LogP contribution in [0.4, 0.5) is 0 Å². The predicted octanol–water partition coefficient (Wildman–Crippen LogP) is 3.43. The number of aliphatic hydroxyl groups excluding tert-OH is 1. The molecule has 1 heteroatoms. The SMILES string of the molecule is CC(C)(C)c1ccccc1C(O)C1CC1. The van der Waals surface area contributed by atoms with Crippen LogP contribution < -0.4 is 0 Å². The highest BCUT2D eigenvalue weighted by atomic mass is 16.3. The van der Waals surface area contributed by atoms with E-state index in [0.29, 0.717) is 5.92 Å². The summed E-state index contributed by atoms with van der Waals surface area (Å²) < 4.78 is 0. The number of hydrogen-bond acceptors (Lipinski definition) is 1. The third kappa shape index (κ3) is 2.23. The summed E-state index contributed by atoms with van der Waals surface area (Å²) in [6, 6.07) is 8.30. The first-order chi connectivity index (χ1) is 7.00. The number of aliphatic hydroxyl groups is 1. The van der Waals surface area contributed by atoms with Gasteiger partial charge in [0.1, 0.15) is 0 Å². The van der Waals surface area contributed by atoms with Crippen LogP contribution in [0.1, 0.15) is 50.8 Å². The summed E-state index contributed by atoms with van der Waals surface area (Å²) in [4.78, 5) is 0. The molecule has 0 bridgehead atoms. The quantitative estimate of drug-likeness (QED) is 0.782. The molecular weight excluding hydrogens is 184 g/mol. The molecule has 1 unspecified atom stereocenters. The molecule has 1 aliphatic rings. The van der Waals surface area contributed by atoms with Crippen molar-refractivity contribution in [1.29, 1.82) is 0 Å². The van der Waals surface area contributed by atoms with Gasteiger partial charge in [-0.05, 0) is 35.3 Å². The Morgan fingerprint density at radius 1 is 1.20 bits per heavy atom. The van der Waals surface area contributed by atoms with Crippen LogP contribution >= 0.6 is 0 Å². The Morgan fingerprint density at radius 2 is 1.80 bits per heavy atom. The van der Waals surface area contributed by atoms with E-state index in [2.05, 4.69) is 39.0 Å². The highest BCUT2D eigenvalue weighted by molar-refractivity contribution is 5.35. The number of benzene rings is 1. The van der Waals surface area contributed by atoms with Crippen LogP contribution in [-0.2, 0) is 5.41 Å². The molecule has 1 atom stereocenters. The second kappa shape index (κ2) is 3.64. The minimum atomic E-state index is -0.250. The lowest BCUT2D eigenvalue weighted by molar-refractivity contribution is 0.151. The first-order valence-corrected chi connectivity index (χ1v) is 5.77. The molecule has 1 N–H and O–H groups in total. The maximum atomic E-state index is 10.2. The van der Waals surface area contributed by atoms with Crippen molar-refractivity contribution >= 4 is 0 Å². The summed E-state index contributed by atoms with van der Waals surface area (Å²) in [6.07, 6.45) is 2.11. The molecule has 0 spiro atoms. The highest BCUT2D eigenvalue weighted by Gasteiger charge is 2.33. The van der Waals surface area contributed by atoms with E-state index in [1.165, 1.54) is 18.4 Å². The van der Waals surface area contributed by atoms with E-state index in [9.17, 15) is 5.11 Å². The van der Waals surface area contributed by atoms with Crippen LogP contribution in [0.5, 0.6) is 0 Å². The molecule has 1 aromatic carbocycles. The van der Waals surface area contributed by atoms with Crippen molar-refractivity contribution in [3.8, 4) is 0 Å². The summed E-state index contributed by atoms with van der Waals surface area (Å²) in [6.45, 7) is 6.60. The van der Waals surface area contributed by atoms with Crippen LogP contribution in [0.15, 0.2) is 24.3 Å². The van der Waals surface area contributed by atoms with Crippen LogP contribution in [0, 0.1) is 5.92 Å². The minimum absolute atomic E-state index is 0.118. The monoisotopic (exact) mass is 204 g/mol. The fraction of sp³-hybridized carbons (Fsp3) is 0.571. The Labute approximate surface area is 92.1 Å². The van der Waals surface area contributed by atoms with Gasteiger partial charge in [0.25, 0.3) is 0 Å². The van der Waals surface area contributed by atoms with Crippen molar-refractivity contribution in [3.63, 3.8) is 0 Å². The van der Waals surface area contributed by atoms with Crippen molar-refractivity contribution < 1.29 is 5.11 Å². The predicted molar refractivity (Wildman–Crippen MR) is 62.8 cm³/mol. The normalized spacial score (nSPS) is 18.9. The fourth-order valence-corrected chi connectivity index (χ4v) is 2.10. The first kappa shape index (κ1) is 10.7. The molecule has 0 amide bonds. The minimum Gasteiger partial charge on any atom is -0.388 e. The van der Waals surface area contributed by atoms with Gasteiger partial charge >= 0.3 is 0 Å². The van der Waals surface area contributed by atoms with Crippen molar-refractivity contribution in [1.82, 2.24) is 0 Å². The Kier molecular flexibility index (Phi) is 2.59. The van der Waals surface area contributed by atoms with Gasteiger partial charge in [0.2, 0.25) is 0 Å². The van der Waals surface area contributed by atoms with Gasteiger partial charge in [-0.25, -0.2) is 0 Å². The first-order valence-electron chi connectivity index (χ1n) is 5.77. The van der Waals surface area contributed by atoms with E-state index < -0.39 is 0 Å². The molecule has 1 aliphatic carbocycles. The molecule has 1 fully saturated rings. The number of rotatable bonds is 2. The zero-order valence-corrected chi connectivity index (χ0v) is 9.83. The topological polar surface area (TPSA) is 20.2 Å². The lowest BCUT2D eigenvalue weighted by Gasteiger charge is -2.25.